The van der Waals surface area contributed by atoms with Gasteiger partial charge >= 0.3 is 12.2 Å². The number of carboxylic acid groups (broad SMARTS) is 1. The van der Waals surface area contributed by atoms with E-state index in [0.717, 1.165) is 16.0 Å². The molecule has 1 saturated heterocycles. The summed E-state index contributed by atoms with van der Waals surface area (Å²) in [6, 6.07) is 1.36. The van der Waals surface area contributed by atoms with Crippen molar-refractivity contribution >= 4 is 33.7 Å². The molecule has 3 atom stereocenters. The Bertz CT molecular complexity index is 1320. The van der Waals surface area contributed by atoms with Crippen molar-refractivity contribution in [3.63, 3.8) is 0 Å². The van der Waals surface area contributed by atoms with Crippen molar-refractivity contribution < 1.29 is 19.4 Å². The number of ether oxygens (including phenoxy) is 1. The number of H-pyrrole nitrogens is 1. The van der Waals surface area contributed by atoms with Crippen molar-refractivity contribution in [1.29, 1.82) is 0 Å². The number of rotatable bonds is 2. The van der Waals surface area contributed by atoms with E-state index in [1.807, 2.05) is 0 Å². The van der Waals surface area contributed by atoms with Crippen molar-refractivity contribution in [2.24, 2.45) is 11.8 Å². The molecule has 5 rings (SSSR count). The van der Waals surface area contributed by atoms with Gasteiger partial charge in [-0.25, -0.2) is 14.6 Å². The van der Waals surface area contributed by atoms with Crippen LogP contribution in [0.5, 0.6) is 0 Å². The Morgan fingerprint density at radius 2 is 2.09 bits per heavy atom. The van der Waals surface area contributed by atoms with Crippen LogP contribution in [0.15, 0.2) is 17.1 Å². The van der Waals surface area contributed by atoms with Gasteiger partial charge in [-0.2, -0.15) is 9.78 Å². The Morgan fingerprint density at radius 3 is 2.78 bits per heavy atom. The summed E-state index contributed by atoms with van der Waals surface area (Å²) in [5, 5.41) is 13.8. The molecule has 0 aromatic carbocycles. The summed E-state index contributed by atoms with van der Waals surface area (Å²) in [6.07, 6.45) is 0.955. The minimum absolute atomic E-state index is 0.208. The lowest BCUT2D eigenvalue weighted by atomic mass is 10.1. The summed E-state index contributed by atoms with van der Waals surface area (Å²) < 4.78 is 6.96. The molecule has 2 N–H and O–H groups in total. The molecule has 2 aliphatic rings. The third-order valence-electron chi connectivity index (χ3n) is 5.82. The van der Waals surface area contributed by atoms with Gasteiger partial charge in [-0.05, 0) is 52.0 Å². The van der Waals surface area contributed by atoms with E-state index >= 15 is 0 Å². The SMILES string of the molecule is Cc1nn(C(=O)OC(C)(C)C)cc1-c1cc2nc([C@@H]3[C@@H]4C[C@@H]4CN3C(=O)O)[nH]c(=O)c2s1. The lowest BCUT2D eigenvalue weighted by Gasteiger charge is -2.23. The average molecular weight is 458 g/mol. The molecule has 0 unspecified atom stereocenters. The number of carbonyl (C=O) groups is 2. The highest BCUT2D eigenvalue weighted by atomic mass is 32.1. The number of amides is 1. The minimum Gasteiger partial charge on any atom is -0.465 e. The van der Waals surface area contributed by atoms with Gasteiger partial charge in [0.05, 0.1) is 17.3 Å². The van der Waals surface area contributed by atoms with E-state index in [9.17, 15) is 19.5 Å². The van der Waals surface area contributed by atoms with Gasteiger partial charge in [-0.15, -0.1) is 11.3 Å². The average Bonchev–Trinajstić information content (AvgIpc) is 3.04. The highest BCUT2D eigenvalue weighted by Gasteiger charge is 2.55. The number of aromatic amines is 1. The largest absolute Gasteiger partial charge is 0.465 e. The van der Waals surface area contributed by atoms with E-state index in [0.29, 0.717) is 39.8 Å². The maximum atomic E-state index is 12.8. The monoisotopic (exact) mass is 457 g/mol. The van der Waals surface area contributed by atoms with Crippen molar-refractivity contribution in [1.82, 2.24) is 24.6 Å². The van der Waals surface area contributed by atoms with E-state index in [2.05, 4.69) is 15.1 Å². The first kappa shape index (κ1) is 20.7. The van der Waals surface area contributed by atoms with Gasteiger partial charge in [0.15, 0.2) is 0 Å². The molecule has 168 valence electrons. The fourth-order valence-corrected chi connectivity index (χ4v) is 5.40. The zero-order valence-electron chi connectivity index (χ0n) is 18.1. The van der Waals surface area contributed by atoms with Crippen LogP contribution < -0.4 is 5.56 Å². The molecule has 2 fully saturated rings. The molecular formula is C21H23N5O5S. The predicted octanol–water partition coefficient (Wildman–Crippen LogP) is 3.61. The highest BCUT2D eigenvalue weighted by molar-refractivity contribution is 7.22. The first-order chi connectivity index (χ1) is 15.0. The van der Waals surface area contributed by atoms with Crippen LogP contribution in [0.4, 0.5) is 9.59 Å². The van der Waals surface area contributed by atoms with Crippen LogP contribution in [0.25, 0.3) is 20.7 Å². The molecular weight excluding hydrogens is 434 g/mol. The molecule has 0 bridgehead atoms. The zero-order chi connectivity index (χ0) is 22.9. The van der Waals surface area contributed by atoms with Gasteiger partial charge in [-0.1, -0.05) is 0 Å². The number of fused-ring (bicyclic) bond motifs is 2. The topological polar surface area (TPSA) is 130 Å². The maximum Gasteiger partial charge on any atom is 0.435 e. The van der Waals surface area contributed by atoms with Crippen LogP contribution in [-0.2, 0) is 4.74 Å². The molecule has 32 heavy (non-hydrogen) atoms. The Balaban J connectivity index is 1.51. The van der Waals surface area contributed by atoms with Gasteiger partial charge in [0, 0.05) is 23.2 Å². The summed E-state index contributed by atoms with van der Waals surface area (Å²) in [6.45, 7) is 7.60. The standard InChI is InChI=1S/C21H23N5O5S/c1-9-12(8-26(24-9)20(30)31-21(2,3)4)14-6-13-16(32-14)18(27)23-17(22-13)15-11-5-10(11)7-25(15)19(28)29/h6,8,10-11,15H,5,7H2,1-4H3,(H,28,29)(H,22,23,27)/t10-,11-,15+/m1/s1. The lowest BCUT2D eigenvalue weighted by Crippen LogP contribution is -2.33. The molecule has 0 spiro atoms. The number of hydrogen-bond donors (Lipinski definition) is 2. The molecule has 0 radical (unpaired) electrons. The van der Waals surface area contributed by atoms with Crippen molar-refractivity contribution in [3.05, 3.63) is 34.1 Å². The number of nitrogens with one attached hydrogen (secondary N) is 1. The van der Waals surface area contributed by atoms with Crippen molar-refractivity contribution in [2.45, 2.75) is 45.8 Å². The predicted molar refractivity (Wildman–Crippen MR) is 117 cm³/mol. The fraction of sp³-hybridized carbons (Fsp3) is 0.476. The number of aryl methyl sites for hydroxylation is 1. The molecule has 3 aromatic rings. The number of piperidine rings is 1. The summed E-state index contributed by atoms with van der Waals surface area (Å²) in [4.78, 5) is 46.3. The fourth-order valence-electron chi connectivity index (χ4n) is 4.35. The normalized spacial score (nSPS) is 22.2. The van der Waals surface area contributed by atoms with Crippen LogP contribution in [-0.4, -0.2) is 54.1 Å². The summed E-state index contributed by atoms with van der Waals surface area (Å²) >= 11 is 1.26. The Labute approximate surface area is 186 Å². The molecule has 1 aliphatic heterocycles. The van der Waals surface area contributed by atoms with Crippen molar-refractivity contribution in [2.75, 3.05) is 6.54 Å². The third-order valence-corrected chi connectivity index (χ3v) is 6.98. The first-order valence-corrected chi connectivity index (χ1v) is 11.2. The van der Waals surface area contributed by atoms with Crippen LogP contribution >= 0.6 is 11.3 Å². The van der Waals surface area contributed by atoms with Gasteiger partial charge in [0.2, 0.25) is 0 Å². The second-order valence-electron chi connectivity index (χ2n) is 9.37. The van der Waals surface area contributed by atoms with E-state index in [1.54, 1.807) is 40.0 Å². The number of thiophene rings is 1. The quantitative estimate of drug-likeness (QED) is 0.601. The van der Waals surface area contributed by atoms with Crippen LogP contribution in [0.1, 0.15) is 44.8 Å². The van der Waals surface area contributed by atoms with E-state index in [1.165, 1.54) is 16.2 Å². The van der Waals surface area contributed by atoms with Crippen LogP contribution in [0.2, 0.25) is 0 Å². The lowest BCUT2D eigenvalue weighted by molar-refractivity contribution is 0.0514. The molecule has 10 nitrogen and oxygen atoms in total. The minimum atomic E-state index is -0.999. The second-order valence-corrected chi connectivity index (χ2v) is 10.4. The Morgan fingerprint density at radius 1 is 1.34 bits per heavy atom. The van der Waals surface area contributed by atoms with Gasteiger partial charge in [0.25, 0.3) is 5.56 Å². The van der Waals surface area contributed by atoms with Gasteiger partial charge in [0.1, 0.15) is 16.1 Å². The van der Waals surface area contributed by atoms with E-state index in [-0.39, 0.29) is 11.5 Å². The number of hydrogen-bond acceptors (Lipinski definition) is 7. The number of carbonyl (C=O) groups excluding carboxylic acids is 1. The van der Waals surface area contributed by atoms with Crippen LogP contribution in [0.3, 0.4) is 0 Å². The molecule has 1 aliphatic carbocycles. The van der Waals surface area contributed by atoms with Gasteiger partial charge in [-0.3, -0.25) is 9.69 Å². The molecule has 3 aromatic heterocycles. The number of aromatic nitrogens is 4. The zero-order valence-corrected chi connectivity index (χ0v) is 18.9. The molecule has 4 heterocycles. The summed E-state index contributed by atoms with van der Waals surface area (Å²) in [5.41, 5.74) is 0.880. The van der Waals surface area contributed by atoms with Crippen LogP contribution in [0, 0.1) is 18.8 Å². The summed E-state index contributed by atoms with van der Waals surface area (Å²) in [5.74, 6) is 0.941. The van der Waals surface area contributed by atoms with Gasteiger partial charge < -0.3 is 14.8 Å². The number of likely N-dealkylation sites (tertiary alicyclic amines) is 1. The molecule has 1 amide bonds. The Kier molecular flexibility index (Phi) is 4.45. The number of nitrogens with zero attached hydrogens (tertiary/aromatic N) is 4. The smallest absolute Gasteiger partial charge is 0.435 e. The molecule has 11 heteroatoms. The highest BCUT2D eigenvalue weighted by Crippen LogP contribution is 2.55. The third kappa shape index (κ3) is 3.46. The van der Waals surface area contributed by atoms with E-state index < -0.39 is 23.8 Å². The van der Waals surface area contributed by atoms with Crippen molar-refractivity contribution in [3.8, 4) is 10.4 Å². The van der Waals surface area contributed by atoms with E-state index in [4.69, 9.17) is 4.74 Å². The first-order valence-electron chi connectivity index (χ1n) is 10.3. The summed E-state index contributed by atoms with van der Waals surface area (Å²) in [7, 11) is 0. The molecule has 1 saturated carbocycles. The Hall–Kier alpha value is -3.21. The maximum absolute atomic E-state index is 12.8. The second kappa shape index (κ2) is 6.89.